The number of likely N-dealkylation sites (tertiary alicyclic amines) is 2. The largest absolute Gasteiger partial charge is 0.333 e. The molecular weight excluding hydrogens is 400 g/mol. The summed E-state index contributed by atoms with van der Waals surface area (Å²) in [4.78, 5) is 41.8. The maximum absolute atomic E-state index is 13.2. The van der Waals surface area contributed by atoms with Crippen molar-refractivity contribution in [3.05, 3.63) is 0 Å². The summed E-state index contributed by atoms with van der Waals surface area (Å²) in [5, 5.41) is 0. The van der Waals surface area contributed by atoms with Crippen LogP contribution in [0.2, 0.25) is 0 Å². The van der Waals surface area contributed by atoms with Crippen LogP contribution in [0.1, 0.15) is 131 Å². The highest BCUT2D eigenvalue weighted by Gasteiger charge is 2.52. The average Bonchev–Trinajstić information content (AvgIpc) is 2.94. The molecule has 5 heteroatoms. The fraction of sp³-hybridized carbons (Fsp3) is 0.889. The van der Waals surface area contributed by atoms with Crippen molar-refractivity contribution in [2.45, 2.75) is 149 Å². The van der Waals surface area contributed by atoms with Gasteiger partial charge in [-0.1, -0.05) is 71.1 Å². The average molecular weight is 449 g/mol. The molecule has 0 aromatic heterocycles. The van der Waals surface area contributed by atoms with E-state index in [-0.39, 0.29) is 40.8 Å². The van der Waals surface area contributed by atoms with Gasteiger partial charge >= 0.3 is 0 Å². The molecule has 0 unspecified atom stereocenters. The number of rotatable bonds is 12. The first kappa shape index (κ1) is 26.9. The molecule has 0 saturated carbocycles. The van der Waals surface area contributed by atoms with Gasteiger partial charge in [-0.15, -0.1) is 0 Å². The predicted molar refractivity (Wildman–Crippen MR) is 130 cm³/mol. The number of imide groups is 1. The van der Waals surface area contributed by atoms with Gasteiger partial charge in [-0.05, 0) is 47.0 Å². The van der Waals surface area contributed by atoms with Crippen LogP contribution in [-0.4, -0.2) is 44.6 Å². The Morgan fingerprint density at radius 2 is 1.31 bits per heavy atom. The van der Waals surface area contributed by atoms with Crippen LogP contribution in [0.15, 0.2) is 0 Å². The minimum atomic E-state index is -0.382. The second-order valence-electron chi connectivity index (χ2n) is 11.5. The van der Waals surface area contributed by atoms with Gasteiger partial charge < -0.3 is 4.90 Å². The molecule has 3 amide bonds. The number of carbonyl (C=O) groups excluding carboxylic acids is 3. The fourth-order valence-electron chi connectivity index (χ4n) is 6.47. The van der Waals surface area contributed by atoms with E-state index in [4.69, 9.17) is 0 Å². The molecule has 0 radical (unpaired) electrons. The highest BCUT2D eigenvalue weighted by molar-refractivity contribution is 6.03. The number of nitrogens with zero attached hydrogens (tertiary/aromatic N) is 2. The summed E-state index contributed by atoms with van der Waals surface area (Å²) in [5.41, 5.74) is -0.763. The summed E-state index contributed by atoms with van der Waals surface area (Å²) in [6, 6.07) is -0.117. The second kappa shape index (κ2) is 11.7. The van der Waals surface area contributed by atoms with E-state index < -0.39 is 0 Å². The van der Waals surface area contributed by atoms with E-state index in [2.05, 4.69) is 34.6 Å². The third-order valence-electron chi connectivity index (χ3n) is 7.54. The quantitative estimate of drug-likeness (QED) is 0.262. The summed E-state index contributed by atoms with van der Waals surface area (Å²) in [6.07, 6.45) is 15.3. The van der Waals surface area contributed by atoms with Crippen molar-refractivity contribution in [1.29, 1.82) is 0 Å². The third kappa shape index (κ3) is 6.81. The van der Waals surface area contributed by atoms with Gasteiger partial charge in [0.1, 0.15) is 0 Å². The molecular formula is C27H48N2O3. The zero-order chi connectivity index (χ0) is 23.9. The molecule has 0 bridgehead atoms. The zero-order valence-corrected chi connectivity index (χ0v) is 21.7. The van der Waals surface area contributed by atoms with E-state index in [1.54, 1.807) is 11.8 Å². The van der Waals surface area contributed by atoms with Gasteiger partial charge in [-0.25, -0.2) is 0 Å². The van der Waals surface area contributed by atoms with Crippen molar-refractivity contribution in [3.8, 4) is 0 Å². The molecule has 0 N–H and O–H groups in total. The number of unbranched alkanes of at least 4 members (excludes halogenated alkanes) is 9. The van der Waals surface area contributed by atoms with Crippen LogP contribution >= 0.6 is 0 Å². The summed E-state index contributed by atoms with van der Waals surface area (Å²) < 4.78 is 0. The van der Waals surface area contributed by atoms with E-state index in [1.165, 1.54) is 51.4 Å². The molecule has 0 aromatic carbocycles. The lowest BCUT2D eigenvalue weighted by Crippen LogP contribution is -2.66. The van der Waals surface area contributed by atoms with Crippen molar-refractivity contribution in [2.24, 2.45) is 5.92 Å². The first-order valence-electron chi connectivity index (χ1n) is 13.2. The Hall–Kier alpha value is -1.39. The maximum atomic E-state index is 13.2. The summed E-state index contributed by atoms with van der Waals surface area (Å²) in [7, 11) is 0. The molecule has 2 fully saturated rings. The van der Waals surface area contributed by atoms with E-state index in [0.717, 1.165) is 19.3 Å². The van der Waals surface area contributed by atoms with Gasteiger partial charge in [-0.3, -0.25) is 19.3 Å². The van der Waals surface area contributed by atoms with Gasteiger partial charge in [-0.2, -0.15) is 0 Å². The number of amides is 3. The molecule has 0 aromatic rings. The predicted octanol–water partition coefficient (Wildman–Crippen LogP) is 6.24. The van der Waals surface area contributed by atoms with Gasteiger partial charge in [0.15, 0.2) is 0 Å². The molecule has 184 valence electrons. The summed E-state index contributed by atoms with van der Waals surface area (Å²) in [6.45, 7) is 12.1. The Morgan fingerprint density at radius 3 is 1.78 bits per heavy atom. The third-order valence-corrected chi connectivity index (χ3v) is 7.54. The lowest BCUT2D eigenvalue weighted by atomic mass is 9.76. The van der Waals surface area contributed by atoms with Crippen molar-refractivity contribution in [1.82, 2.24) is 9.80 Å². The van der Waals surface area contributed by atoms with Crippen LogP contribution in [0.25, 0.3) is 0 Å². The van der Waals surface area contributed by atoms with Crippen LogP contribution < -0.4 is 0 Å². The van der Waals surface area contributed by atoms with Crippen LogP contribution in [0.5, 0.6) is 0 Å². The van der Waals surface area contributed by atoms with Crippen LogP contribution in [0, 0.1) is 5.92 Å². The van der Waals surface area contributed by atoms with Gasteiger partial charge in [0.05, 0.1) is 0 Å². The molecule has 5 nitrogen and oxygen atoms in total. The SMILES string of the molecule is CCCCCCCCCCCC[C@@H]1CC(=O)N(C2CC(C)(C)N(C(C)=O)C(C)(C)C2)C1=O. The van der Waals surface area contributed by atoms with Crippen molar-refractivity contribution < 1.29 is 14.4 Å². The summed E-state index contributed by atoms with van der Waals surface area (Å²) >= 11 is 0. The lowest BCUT2D eigenvalue weighted by molar-refractivity contribution is -0.155. The van der Waals surface area contributed by atoms with Crippen molar-refractivity contribution in [3.63, 3.8) is 0 Å². The molecule has 2 saturated heterocycles. The minimum absolute atomic E-state index is 0.0139. The Kier molecular flexibility index (Phi) is 9.78. The summed E-state index contributed by atoms with van der Waals surface area (Å²) in [5.74, 6) is -0.0799. The molecule has 0 spiro atoms. The number of piperidine rings is 1. The van der Waals surface area contributed by atoms with E-state index in [0.29, 0.717) is 19.3 Å². The first-order chi connectivity index (χ1) is 15.0. The number of carbonyl (C=O) groups is 3. The Labute approximate surface area is 196 Å². The van der Waals surface area contributed by atoms with Crippen molar-refractivity contribution >= 4 is 17.7 Å². The van der Waals surface area contributed by atoms with E-state index >= 15 is 0 Å². The molecule has 32 heavy (non-hydrogen) atoms. The van der Waals surface area contributed by atoms with Gasteiger partial charge in [0.2, 0.25) is 17.7 Å². The minimum Gasteiger partial charge on any atom is -0.333 e. The molecule has 2 aliphatic rings. The molecule has 2 aliphatic heterocycles. The van der Waals surface area contributed by atoms with Crippen LogP contribution in [0.4, 0.5) is 0 Å². The second-order valence-corrected chi connectivity index (χ2v) is 11.5. The van der Waals surface area contributed by atoms with Crippen molar-refractivity contribution in [2.75, 3.05) is 0 Å². The Morgan fingerprint density at radius 1 is 0.844 bits per heavy atom. The number of hydrogen-bond donors (Lipinski definition) is 0. The fourth-order valence-corrected chi connectivity index (χ4v) is 6.47. The first-order valence-corrected chi connectivity index (χ1v) is 13.2. The van der Waals surface area contributed by atoms with E-state index in [1.807, 2.05) is 4.90 Å². The molecule has 1 atom stereocenters. The monoisotopic (exact) mass is 448 g/mol. The standard InChI is InChI=1S/C27H48N2O3/c1-7-8-9-10-11-12-13-14-15-16-17-22-18-24(31)28(25(22)32)23-19-26(3,4)29(21(2)30)27(5,6)20-23/h22-23H,7-20H2,1-6H3/t22-/m1/s1. The Bertz CT molecular complexity index is 637. The highest BCUT2D eigenvalue weighted by Crippen LogP contribution is 2.42. The number of hydrogen-bond acceptors (Lipinski definition) is 3. The van der Waals surface area contributed by atoms with Gasteiger partial charge in [0, 0.05) is 36.4 Å². The van der Waals surface area contributed by atoms with Crippen LogP contribution in [-0.2, 0) is 14.4 Å². The normalized spacial score (nSPS) is 23.2. The van der Waals surface area contributed by atoms with E-state index in [9.17, 15) is 14.4 Å². The Balaban J connectivity index is 1.80. The lowest BCUT2D eigenvalue weighted by Gasteiger charge is -2.56. The molecule has 0 aliphatic carbocycles. The highest BCUT2D eigenvalue weighted by atomic mass is 16.2. The van der Waals surface area contributed by atoms with Gasteiger partial charge in [0.25, 0.3) is 0 Å². The topological polar surface area (TPSA) is 57.7 Å². The molecule has 2 rings (SSSR count). The maximum Gasteiger partial charge on any atom is 0.233 e. The molecule has 2 heterocycles. The zero-order valence-electron chi connectivity index (χ0n) is 21.7. The smallest absolute Gasteiger partial charge is 0.233 e. The van der Waals surface area contributed by atoms with Crippen LogP contribution in [0.3, 0.4) is 0 Å².